The van der Waals surface area contributed by atoms with Gasteiger partial charge in [0.05, 0.1) is 13.7 Å². The summed E-state index contributed by atoms with van der Waals surface area (Å²) in [6.07, 6.45) is 2.19. The van der Waals surface area contributed by atoms with E-state index in [9.17, 15) is 0 Å². The van der Waals surface area contributed by atoms with Crippen molar-refractivity contribution >= 4 is 0 Å². The molecule has 0 atom stereocenters. The van der Waals surface area contributed by atoms with E-state index < -0.39 is 0 Å². The Morgan fingerprint density at radius 2 is 2.05 bits per heavy atom. The first-order valence-electron chi connectivity index (χ1n) is 7.80. The van der Waals surface area contributed by atoms with E-state index in [0.717, 1.165) is 56.3 Å². The molecule has 1 aliphatic heterocycles. The van der Waals surface area contributed by atoms with Crippen LogP contribution >= 0.6 is 0 Å². The molecular formula is C17H27NO3. The zero-order valence-electron chi connectivity index (χ0n) is 13.4. The zero-order chi connectivity index (χ0) is 15.1. The number of nitrogens with one attached hydrogen (secondary N) is 1. The van der Waals surface area contributed by atoms with Crippen LogP contribution in [0.25, 0.3) is 0 Å². The molecule has 0 spiro atoms. The fourth-order valence-corrected chi connectivity index (χ4v) is 2.40. The lowest BCUT2D eigenvalue weighted by Gasteiger charge is -2.23. The Labute approximate surface area is 127 Å². The maximum Gasteiger partial charge on any atom is 0.124 e. The molecule has 2 rings (SSSR count). The van der Waals surface area contributed by atoms with Gasteiger partial charge in [-0.3, -0.25) is 0 Å². The van der Waals surface area contributed by atoms with Gasteiger partial charge in [-0.15, -0.1) is 0 Å². The minimum atomic E-state index is 0.444. The quantitative estimate of drug-likeness (QED) is 0.839. The van der Waals surface area contributed by atoms with Crippen molar-refractivity contribution in [2.45, 2.75) is 39.3 Å². The molecule has 4 heteroatoms. The number of methoxy groups -OCH3 is 1. The first-order valence-corrected chi connectivity index (χ1v) is 7.80. The SMILES string of the molecule is COc1ccc(OCC2CCOCC2)c(CNC(C)C)c1. The summed E-state index contributed by atoms with van der Waals surface area (Å²) in [6.45, 7) is 7.56. The third-order valence-electron chi connectivity index (χ3n) is 3.78. The standard InChI is InChI=1S/C17H27NO3/c1-13(2)18-11-15-10-16(19-3)4-5-17(15)21-12-14-6-8-20-9-7-14/h4-5,10,13-14,18H,6-9,11-12H2,1-3H3. The van der Waals surface area contributed by atoms with E-state index in [2.05, 4.69) is 25.2 Å². The third kappa shape index (κ3) is 5.21. The van der Waals surface area contributed by atoms with Crippen LogP contribution in [-0.2, 0) is 11.3 Å². The van der Waals surface area contributed by atoms with E-state index in [1.54, 1.807) is 7.11 Å². The Morgan fingerprint density at radius 1 is 1.29 bits per heavy atom. The number of ether oxygens (including phenoxy) is 3. The van der Waals surface area contributed by atoms with Gasteiger partial charge in [0.15, 0.2) is 0 Å². The Morgan fingerprint density at radius 3 is 2.71 bits per heavy atom. The van der Waals surface area contributed by atoms with Gasteiger partial charge < -0.3 is 19.5 Å². The van der Waals surface area contributed by atoms with Gasteiger partial charge in [0.1, 0.15) is 11.5 Å². The molecule has 1 aliphatic rings. The Kier molecular flexibility index (Phi) is 6.33. The highest BCUT2D eigenvalue weighted by Gasteiger charge is 2.15. The monoisotopic (exact) mass is 293 g/mol. The molecule has 1 aromatic rings. The summed E-state index contributed by atoms with van der Waals surface area (Å²) in [7, 11) is 1.69. The van der Waals surface area contributed by atoms with Gasteiger partial charge in [-0.05, 0) is 37.0 Å². The number of benzene rings is 1. The summed E-state index contributed by atoms with van der Waals surface area (Å²) >= 11 is 0. The second kappa shape index (κ2) is 8.25. The van der Waals surface area contributed by atoms with Gasteiger partial charge in [-0.25, -0.2) is 0 Å². The minimum absolute atomic E-state index is 0.444. The first-order chi connectivity index (χ1) is 10.2. The molecule has 1 fully saturated rings. The van der Waals surface area contributed by atoms with E-state index in [0.29, 0.717) is 12.0 Å². The van der Waals surface area contributed by atoms with Crippen molar-refractivity contribution in [2.24, 2.45) is 5.92 Å². The fourth-order valence-electron chi connectivity index (χ4n) is 2.40. The average Bonchev–Trinajstić information content (AvgIpc) is 2.52. The second-order valence-electron chi connectivity index (χ2n) is 5.88. The second-order valence-corrected chi connectivity index (χ2v) is 5.88. The van der Waals surface area contributed by atoms with Gasteiger partial charge in [0, 0.05) is 31.4 Å². The van der Waals surface area contributed by atoms with Crippen molar-refractivity contribution in [3.8, 4) is 11.5 Å². The van der Waals surface area contributed by atoms with E-state index >= 15 is 0 Å². The average molecular weight is 293 g/mol. The molecular weight excluding hydrogens is 266 g/mol. The van der Waals surface area contributed by atoms with Crippen molar-refractivity contribution in [3.05, 3.63) is 23.8 Å². The molecule has 1 aromatic carbocycles. The van der Waals surface area contributed by atoms with Crippen molar-refractivity contribution in [1.29, 1.82) is 0 Å². The van der Waals surface area contributed by atoms with Crippen molar-refractivity contribution in [3.63, 3.8) is 0 Å². The molecule has 0 aliphatic carbocycles. The molecule has 0 unspecified atom stereocenters. The molecule has 0 radical (unpaired) electrons. The topological polar surface area (TPSA) is 39.7 Å². The number of rotatable bonds is 7. The van der Waals surface area contributed by atoms with Crippen molar-refractivity contribution in [2.75, 3.05) is 26.9 Å². The Balaban J connectivity index is 1.98. The molecule has 0 bridgehead atoms. The lowest BCUT2D eigenvalue weighted by Crippen LogP contribution is -2.24. The van der Waals surface area contributed by atoms with E-state index in [4.69, 9.17) is 14.2 Å². The molecule has 4 nitrogen and oxygen atoms in total. The highest BCUT2D eigenvalue weighted by atomic mass is 16.5. The van der Waals surface area contributed by atoms with Crippen LogP contribution in [0.4, 0.5) is 0 Å². The molecule has 118 valence electrons. The first kappa shape index (κ1) is 16.1. The molecule has 21 heavy (non-hydrogen) atoms. The van der Waals surface area contributed by atoms with Gasteiger partial charge in [0.2, 0.25) is 0 Å². The summed E-state index contributed by atoms with van der Waals surface area (Å²) in [5, 5.41) is 3.44. The fraction of sp³-hybridized carbons (Fsp3) is 0.647. The van der Waals surface area contributed by atoms with Crippen LogP contribution < -0.4 is 14.8 Å². The van der Waals surface area contributed by atoms with Gasteiger partial charge in [-0.2, -0.15) is 0 Å². The Hall–Kier alpha value is -1.26. The van der Waals surface area contributed by atoms with Crippen LogP contribution in [0.5, 0.6) is 11.5 Å². The third-order valence-corrected chi connectivity index (χ3v) is 3.78. The highest BCUT2D eigenvalue weighted by molar-refractivity contribution is 5.40. The van der Waals surface area contributed by atoms with E-state index in [-0.39, 0.29) is 0 Å². The maximum absolute atomic E-state index is 6.06. The normalized spacial score (nSPS) is 16.2. The molecule has 0 aromatic heterocycles. The number of hydrogen-bond donors (Lipinski definition) is 1. The summed E-state index contributed by atoms with van der Waals surface area (Å²) in [6, 6.07) is 6.46. The molecule has 0 saturated carbocycles. The van der Waals surface area contributed by atoms with Gasteiger partial charge >= 0.3 is 0 Å². The zero-order valence-corrected chi connectivity index (χ0v) is 13.4. The van der Waals surface area contributed by atoms with E-state index in [1.807, 2.05) is 12.1 Å². The van der Waals surface area contributed by atoms with Crippen LogP contribution in [0.15, 0.2) is 18.2 Å². The predicted molar refractivity (Wildman–Crippen MR) is 84.0 cm³/mol. The smallest absolute Gasteiger partial charge is 0.124 e. The maximum atomic E-state index is 6.06. The summed E-state index contributed by atoms with van der Waals surface area (Å²) in [4.78, 5) is 0. The van der Waals surface area contributed by atoms with Crippen molar-refractivity contribution < 1.29 is 14.2 Å². The molecule has 1 saturated heterocycles. The van der Waals surface area contributed by atoms with Crippen LogP contribution in [0, 0.1) is 5.92 Å². The van der Waals surface area contributed by atoms with Crippen LogP contribution in [-0.4, -0.2) is 33.0 Å². The predicted octanol–water partition coefficient (Wildman–Crippen LogP) is 3.00. The molecule has 1 heterocycles. The minimum Gasteiger partial charge on any atom is -0.497 e. The lowest BCUT2D eigenvalue weighted by molar-refractivity contribution is 0.0496. The summed E-state index contributed by atoms with van der Waals surface area (Å²) in [5.74, 6) is 2.43. The Bertz CT molecular complexity index is 428. The van der Waals surface area contributed by atoms with Crippen LogP contribution in [0.3, 0.4) is 0 Å². The van der Waals surface area contributed by atoms with Gasteiger partial charge in [-0.1, -0.05) is 13.8 Å². The summed E-state index contributed by atoms with van der Waals surface area (Å²) in [5.41, 5.74) is 1.15. The summed E-state index contributed by atoms with van der Waals surface area (Å²) < 4.78 is 16.8. The lowest BCUT2D eigenvalue weighted by atomic mass is 10.0. The molecule has 0 amide bonds. The highest BCUT2D eigenvalue weighted by Crippen LogP contribution is 2.26. The molecule has 1 N–H and O–H groups in total. The van der Waals surface area contributed by atoms with Gasteiger partial charge in [0.25, 0.3) is 0 Å². The van der Waals surface area contributed by atoms with E-state index in [1.165, 1.54) is 0 Å². The number of hydrogen-bond acceptors (Lipinski definition) is 4. The largest absolute Gasteiger partial charge is 0.497 e. The van der Waals surface area contributed by atoms with Crippen molar-refractivity contribution in [1.82, 2.24) is 5.32 Å². The van der Waals surface area contributed by atoms with Crippen LogP contribution in [0.1, 0.15) is 32.3 Å². The van der Waals surface area contributed by atoms with Crippen LogP contribution in [0.2, 0.25) is 0 Å².